The topological polar surface area (TPSA) is 44.5 Å². The van der Waals surface area contributed by atoms with Crippen molar-refractivity contribution in [3.05, 3.63) is 48.0 Å². The summed E-state index contributed by atoms with van der Waals surface area (Å²) in [6.07, 6.45) is 0. The third kappa shape index (κ3) is 3.48. The minimum Gasteiger partial charge on any atom is -0.492 e. The predicted molar refractivity (Wildman–Crippen MR) is 87.2 cm³/mol. The van der Waals surface area contributed by atoms with Crippen molar-refractivity contribution in [2.75, 3.05) is 12.3 Å². The summed E-state index contributed by atoms with van der Waals surface area (Å²) in [6.45, 7) is 8.99. The highest BCUT2D eigenvalue weighted by molar-refractivity contribution is 5.64. The molecule has 112 valence electrons. The van der Waals surface area contributed by atoms with Crippen LogP contribution in [0.5, 0.6) is 17.2 Å². The lowest BCUT2D eigenvalue weighted by Crippen LogP contribution is -2.12. The smallest absolute Gasteiger partial charge is 0.154 e. The highest BCUT2D eigenvalue weighted by atomic mass is 16.5. The van der Waals surface area contributed by atoms with Crippen molar-refractivity contribution < 1.29 is 9.47 Å². The van der Waals surface area contributed by atoms with Crippen molar-refractivity contribution in [2.24, 2.45) is 0 Å². The van der Waals surface area contributed by atoms with Gasteiger partial charge in [-0.25, -0.2) is 0 Å². The summed E-state index contributed by atoms with van der Waals surface area (Å²) in [5.74, 6) is 2.10. The first-order valence-electron chi connectivity index (χ1n) is 7.22. The van der Waals surface area contributed by atoms with Gasteiger partial charge in [-0.05, 0) is 30.5 Å². The van der Waals surface area contributed by atoms with Gasteiger partial charge in [0.15, 0.2) is 5.75 Å². The van der Waals surface area contributed by atoms with Crippen molar-refractivity contribution in [1.82, 2.24) is 0 Å². The molecule has 0 saturated carbocycles. The van der Waals surface area contributed by atoms with Crippen LogP contribution in [-0.2, 0) is 5.41 Å². The first kappa shape index (κ1) is 15.2. The van der Waals surface area contributed by atoms with E-state index in [9.17, 15) is 0 Å². The van der Waals surface area contributed by atoms with Gasteiger partial charge >= 0.3 is 0 Å². The van der Waals surface area contributed by atoms with Gasteiger partial charge in [-0.1, -0.05) is 45.0 Å². The van der Waals surface area contributed by atoms with Crippen LogP contribution in [0.1, 0.15) is 33.3 Å². The van der Waals surface area contributed by atoms with E-state index in [2.05, 4.69) is 26.8 Å². The Morgan fingerprint density at radius 3 is 2.19 bits per heavy atom. The Bertz CT molecular complexity index is 615. The molecule has 0 bridgehead atoms. The highest BCUT2D eigenvalue weighted by Crippen LogP contribution is 2.38. The summed E-state index contributed by atoms with van der Waals surface area (Å²) in [5.41, 5.74) is 7.80. The molecule has 2 aromatic rings. The van der Waals surface area contributed by atoms with Crippen LogP contribution in [0.4, 0.5) is 5.69 Å². The van der Waals surface area contributed by atoms with Crippen LogP contribution in [0.25, 0.3) is 0 Å². The van der Waals surface area contributed by atoms with Gasteiger partial charge < -0.3 is 15.2 Å². The fourth-order valence-corrected chi connectivity index (χ4v) is 2.19. The number of benzene rings is 2. The zero-order chi connectivity index (χ0) is 15.5. The molecule has 0 aliphatic rings. The first-order chi connectivity index (χ1) is 9.93. The fourth-order valence-electron chi connectivity index (χ4n) is 2.19. The Kier molecular flexibility index (Phi) is 4.41. The Balaban J connectivity index is 2.38. The van der Waals surface area contributed by atoms with Gasteiger partial charge in [0.05, 0.1) is 6.61 Å². The van der Waals surface area contributed by atoms with Crippen LogP contribution in [0, 0.1) is 0 Å². The minimum absolute atomic E-state index is 0.00286. The van der Waals surface area contributed by atoms with Crippen LogP contribution in [0.3, 0.4) is 0 Å². The molecule has 0 heterocycles. The summed E-state index contributed by atoms with van der Waals surface area (Å²) in [7, 11) is 0. The summed E-state index contributed by atoms with van der Waals surface area (Å²) in [6, 6.07) is 13.6. The van der Waals surface area contributed by atoms with E-state index in [1.807, 2.05) is 43.3 Å². The van der Waals surface area contributed by atoms with Crippen molar-refractivity contribution in [2.45, 2.75) is 33.1 Å². The molecule has 0 aliphatic heterocycles. The van der Waals surface area contributed by atoms with Crippen LogP contribution in [-0.4, -0.2) is 6.61 Å². The molecule has 0 saturated heterocycles. The number of nitrogens with two attached hydrogens (primary N) is 1. The molecule has 3 heteroatoms. The molecule has 21 heavy (non-hydrogen) atoms. The predicted octanol–water partition coefficient (Wildman–Crippen LogP) is 4.76. The van der Waals surface area contributed by atoms with Crippen LogP contribution in [0.15, 0.2) is 42.5 Å². The van der Waals surface area contributed by atoms with E-state index in [1.54, 1.807) is 0 Å². The zero-order valence-corrected chi connectivity index (χ0v) is 13.1. The summed E-state index contributed by atoms with van der Waals surface area (Å²) >= 11 is 0. The Hall–Kier alpha value is -2.16. The second-order valence-electron chi connectivity index (χ2n) is 5.95. The molecule has 2 N–H and O–H groups in total. The number of ether oxygens (including phenoxy) is 2. The Morgan fingerprint density at radius 2 is 1.52 bits per heavy atom. The number of hydrogen-bond donors (Lipinski definition) is 1. The number of hydrogen-bond acceptors (Lipinski definition) is 3. The SMILES string of the molecule is CCOc1cccc(Oc2ccccc2C(C)(C)C)c1N. The highest BCUT2D eigenvalue weighted by Gasteiger charge is 2.19. The van der Waals surface area contributed by atoms with Crippen molar-refractivity contribution in [3.63, 3.8) is 0 Å². The molecule has 0 atom stereocenters. The Labute approximate surface area is 126 Å². The lowest BCUT2D eigenvalue weighted by Gasteiger charge is -2.23. The number of para-hydroxylation sites is 2. The molecule has 2 rings (SSSR count). The third-order valence-corrected chi connectivity index (χ3v) is 3.24. The van der Waals surface area contributed by atoms with E-state index in [1.165, 1.54) is 0 Å². The average Bonchev–Trinajstić information content (AvgIpc) is 2.43. The minimum atomic E-state index is 0.00286. The lowest BCUT2D eigenvalue weighted by molar-refractivity contribution is 0.340. The van der Waals surface area contributed by atoms with Crippen LogP contribution < -0.4 is 15.2 Å². The lowest BCUT2D eigenvalue weighted by atomic mass is 9.86. The van der Waals surface area contributed by atoms with Crippen LogP contribution >= 0.6 is 0 Å². The summed E-state index contributed by atoms with van der Waals surface area (Å²) in [5, 5.41) is 0. The van der Waals surface area contributed by atoms with Gasteiger partial charge in [-0.15, -0.1) is 0 Å². The average molecular weight is 285 g/mol. The van der Waals surface area contributed by atoms with Gasteiger partial charge in [0.2, 0.25) is 0 Å². The third-order valence-electron chi connectivity index (χ3n) is 3.24. The normalized spacial score (nSPS) is 11.2. The summed E-state index contributed by atoms with van der Waals surface area (Å²) < 4.78 is 11.6. The zero-order valence-electron chi connectivity index (χ0n) is 13.1. The molecular weight excluding hydrogens is 262 g/mol. The molecule has 0 fully saturated rings. The molecule has 0 aromatic heterocycles. The quantitative estimate of drug-likeness (QED) is 0.824. The monoisotopic (exact) mass is 285 g/mol. The number of anilines is 1. The molecule has 2 aromatic carbocycles. The second kappa shape index (κ2) is 6.08. The van der Waals surface area contributed by atoms with E-state index in [0.717, 1.165) is 11.3 Å². The number of nitrogen functional groups attached to an aromatic ring is 1. The molecule has 3 nitrogen and oxygen atoms in total. The van der Waals surface area contributed by atoms with Crippen molar-refractivity contribution in [1.29, 1.82) is 0 Å². The molecule has 0 aliphatic carbocycles. The van der Waals surface area contributed by atoms with Crippen molar-refractivity contribution >= 4 is 5.69 Å². The largest absolute Gasteiger partial charge is 0.492 e. The van der Waals surface area contributed by atoms with Crippen LogP contribution in [0.2, 0.25) is 0 Å². The van der Waals surface area contributed by atoms with E-state index in [4.69, 9.17) is 15.2 Å². The van der Waals surface area contributed by atoms with Crippen molar-refractivity contribution in [3.8, 4) is 17.2 Å². The van der Waals surface area contributed by atoms with Gasteiger partial charge in [0.1, 0.15) is 17.2 Å². The van der Waals surface area contributed by atoms with E-state index >= 15 is 0 Å². The molecule has 0 spiro atoms. The number of rotatable bonds is 4. The van der Waals surface area contributed by atoms with E-state index in [-0.39, 0.29) is 5.41 Å². The van der Waals surface area contributed by atoms with Gasteiger partial charge in [0, 0.05) is 5.56 Å². The molecule has 0 unspecified atom stereocenters. The maximum absolute atomic E-state index is 6.13. The van der Waals surface area contributed by atoms with Gasteiger partial charge in [-0.2, -0.15) is 0 Å². The second-order valence-corrected chi connectivity index (χ2v) is 5.95. The first-order valence-corrected chi connectivity index (χ1v) is 7.22. The van der Waals surface area contributed by atoms with Gasteiger partial charge in [0.25, 0.3) is 0 Å². The van der Waals surface area contributed by atoms with E-state index in [0.29, 0.717) is 23.8 Å². The summed E-state index contributed by atoms with van der Waals surface area (Å²) in [4.78, 5) is 0. The molecule has 0 radical (unpaired) electrons. The fraction of sp³-hybridized carbons (Fsp3) is 0.333. The standard InChI is InChI=1S/C18H23NO2/c1-5-20-15-11-8-12-16(17(15)19)21-14-10-7-6-9-13(14)18(2,3)4/h6-12H,5,19H2,1-4H3. The van der Waals surface area contributed by atoms with Gasteiger partial charge in [-0.3, -0.25) is 0 Å². The van der Waals surface area contributed by atoms with E-state index < -0.39 is 0 Å². The molecular formula is C18H23NO2. The maximum Gasteiger partial charge on any atom is 0.154 e. The Morgan fingerprint density at radius 1 is 0.905 bits per heavy atom. The molecule has 0 amide bonds. The maximum atomic E-state index is 6.13.